The van der Waals surface area contributed by atoms with Crippen LogP contribution in [0.4, 0.5) is 0 Å². The van der Waals surface area contributed by atoms with E-state index in [1.54, 1.807) is 14.2 Å². The second kappa shape index (κ2) is 8.95. The van der Waals surface area contributed by atoms with Crippen LogP contribution in [0.1, 0.15) is 42.0 Å². The van der Waals surface area contributed by atoms with Gasteiger partial charge in [-0.15, -0.1) is 0 Å². The molecule has 0 aromatic heterocycles. The molecule has 0 heterocycles. The minimum atomic E-state index is 0.400. The number of phenolic OH excluding ortho intramolecular Hbond substituents is 1. The highest BCUT2D eigenvalue weighted by atomic mass is 16.5. The molecule has 2 N–H and O–H groups in total. The van der Waals surface area contributed by atoms with E-state index in [0.717, 1.165) is 42.1 Å². The molecule has 0 aliphatic rings. The van der Waals surface area contributed by atoms with Gasteiger partial charge in [-0.3, -0.25) is 0 Å². The van der Waals surface area contributed by atoms with Crippen LogP contribution in [-0.2, 0) is 13.0 Å². The fourth-order valence-corrected chi connectivity index (χ4v) is 3.33. The van der Waals surface area contributed by atoms with Crippen LogP contribution >= 0.6 is 0 Å². The van der Waals surface area contributed by atoms with Gasteiger partial charge in [-0.2, -0.15) is 0 Å². The van der Waals surface area contributed by atoms with Crippen molar-refractivity contribution in [2.24, 2.45) is 0 Å². The van der Waals surface area contributed by atoms with Gasteiger partial charge in [-0.05, 0) is 53.8 Å². The number of methoxy groups -OCH3 is 2. The molecule has 1 unspecified atom stereocenters. The van der Waals surface area contributed by atoms with Gasteiger partial charge in [0.2, 0.25) is 0 Å². The fraction of sp³-hybridized carbons (Fsp3) is 0.455. The third-order valence-corrected chi connectivity index (χ3v) is 4.87. The molecule has 26 heavy (non-hydrogen) atoms. The van der Waals surface area contributed by atoms with Crippen molar-refractivity contribution in [3.63, 3.8) is 0 Å². The third-order valence-electron chi connectivity index (χ3n) is 4.87. The van der Waals surface area contributed by atoms with E-state index in [-0.39, 0.29) is 0 Å². The van der Waals surface area contributed by atoms with Gasteiger partial charge in [0.05, 0.1) is 27.8 Å². The molecule has 4 nitrogen and oxygen atoms in total. The SMILES string of the molecule is COc1ccc(CC[NH+](C)Cc2cc(C(C)C)c(C)cc2O)cc1OC. The maximum atomic E-state index is 10.3. The van der Waals surface area contributed by atoms with Gasteiger partial charge in [0.15, 0.2) is 11.5 Å². The van der Waals surface area contributed by atoms with E-state index < -0.39 is 0 Å². The number of benzene rings is 2. The van der Waals surface area contributed by atoms with Crippen molar-refractivity contribution in [2.75, 3.05) is 27.8 Å². The quantitative estimate of drug-likeness (QED) is 0.762. The molecule has 2 aromatic rings. The molecule has 2 rings (SSSR count). The van der Waals surface area contributed by atoms with Gasteiger partial charge in [0.25, 0.3) is 0 Å². The molecular weight excluding hydrogens is 326 g/mol. The summed E-state index contributed by atoms with van der Waals surface area (Å²) in [4.78, 5) is 1.36. The van der Waals surface area contributed by atoms with E-state index in [4.69, 9.17) is 9.47 Å². The Morgan fingerprint density at radius 2 is 1.73 bits per heavy atom. The predicted octanol–water partition coefficient (Wildman–Crippen LogP) is 3.10. The number of aromatic hydroxyl groups is 1. The van der Waals surface area contributed by atoms with Crippen molar-refractivity contribution in [3.05, 3.63) is 52.6 Å². The number of rotatable bonds is 8. The van der Waals surface area contributed by atoms with Crippen molar-refractivity contribution in [2.45, 2.75) is 39.7 Å². The van der Waals surface area contributed by atoms with Crippen LogP contribution in [0.15, 0.2) is 30.3 Å². The molecule has 2 aromatic carbocycles. The molecule has 0 aliphatic carbocycles. The first-order valence-corrected chi connectivity index (χ1v) is 9.20. The Hall–Kier alpha value is -2.20. The average molecular weight is 359 g/mol. The second-order valence-electron chi connectivity index (χ2n) is 7.32. The smallest absolute Gasteiger partial charge is 0.160 e. The standard InChI is InChI=1S/C22H31NO3/c1-15(2)19-13-18(20(24)11-16(19)3)14-23(4)10-9-17-7-8-21(25-5)22(12-17)26-6/h7-8,11-13,15,24H,9-10,14H2,1-6H3/p+1. The van der Waals surface area contributed by atoms with Gasteiger partial charge in [0, 0.05) is 12.0 Å². The summed E-state index contributed by atoms with van der Waals surface area (Å²) >= 11 is 0. The number of nitrogens with one attached hydrogen (secondary N) is 1. The highest BCUT2D eigenvalue weighted by Crippen LogP contribution is 2.28. The molecule has 4 heteroatoms. The second-order valence-corrected chi connectivity index (χ2v) is 7.32. The first kappa shape index (κ1) is 20.1. The first-order chi connectivity index (χ1) is 12.3. The molecule has 142 valence electrons. The number of phenols is 1. The lowest BCUT2D eigenvalue weighted by atomic mass is 9.95. The van der Waals surface area contributed by atoms with E-state index in [1.165, 1.54) is 16.0 Å². The summed E-state index contributed by atoms with van der Waals surface area (Å²) in [6, 6.07) is 10.1. The van der Waals surface area contributed by atoms with Crippen molar-refractivity contribution in [1.82, 2.24) is 0 Å². The van der Waals surface area contributed by atoms with Crippen molar-refractivity contribution in [1.29, 1.82) is 0 Å². The van der Waals surface area contributed by atoms with E-state index >= 15 is 0 Å². The maximum Gasteiger partial charge on any atom is 0.160 e. The van der Waals surface area contributed by atoms with Gasteiger partial charge < -0.3 is 19.5 Å². The van der Waals surface area contributed by atoms with Gasteiger partial charge in [-0.1, -0.05) is 19.9 Å². The first-order valence-electron chi connectivity index (χ1n) is 9.20. The fourth-order valence-electron chi connectivity index (χ4n) is 3.33. The zero-order valence-corrected chi connectivity index (χ0v) is 16.8. The van der Waals surface area contributed by atoms with Crippen LogP contribution in [0, 0.1) is 6.92 Å². The lowest BCUT2D eigenvalue weighted by Crippen LogP contribution is -3.07. The number of hydrogen-bond donors (Lipinski definition) is 2. The van der Waals surface area contributed by atoms with Crippen molar-refractivity contribution < 1.29 is 19.5 Å². The van der Waals surface area contributed by atoms with Crippen molar-refractivity contribution >= 4 is 0 Å². The summed E-state index contributed by atoms with van der Waals surface area (Å²) in [6.45, 7) is 8.22. The Bertz CT molecular complexity index is 740. The van der Waals surface area contributed by atoms with Crippen LogP contribution < -0.4 is 14.4 Å². The topological polar surface area (TPSA) is 43.1 Å². The highest BCUT2D eigenvalue weighted by molar-refractivity contribution is 5.43. The molecule has 0 fully saturated rings. The molecule has 0 amide bonds. The Labute approximate surface area is 157 Å². The van der Waals surface area contributed by atoms with Crippen LogP contribution in [0.3, 0.4) is 0 Å². The Morgan fingerprint density at radius 1 is 1.04 bits per heavy atom. The summed E-state index contributed by atoms with van der Waals surface area (Å²) in [7, 11) is 5.47. The molecule has 0 saturated heterocycles. The monoisotopic (exact) mass is 358 g/mol. The van der Waals surface area contributed by atoms with E-state index in [1.807, 2.05) is 18.2 Å². The Kier molecular flexibility index (Phi) is 6.92. The largest absolute Gasteiger partial charge is 0.507 e. The van der Waals surface area contributed by atoms with E-state index in [2.05, 4.69) is 40.0 Å². The number of aryl methyl sites for hydroxylation is 1. The average Bonchev–Trinajstić information content (AvgIpc) is 2.61. The molecule has 1 atom stereocenters. The van der Waals surface area contributed by atoms with Crippen LogP contribution in [0.5, 0.6) is 17.2 Å². The van der Waals surface area contributed by atoms with Crippen LogP contribution in [-0.4, -0.2) is 32.9 Å². The molecule has 0 spiro atoms. The van der Waals surface area contributed by atoms with E-state index in [9.17, 15) is 5.11 Å². The minimum Gasteiger partial charge on any atom is -0.507 e. The van der Waals surface area contributed by atoms with Gasteiger partial charge in [-0.25, -0.2) is 0 Å². The van der Waals surface area contributed by atoms with Gasteiger partial charge >= 0.3 is 0 Å². The lowest BCUT2D eigenvalue weighted by Gasteiger charge is -2.18. The summed E-state index contributed by atoms with van der Waals surface area (Å²) in [6.07, 6.45) is 0.940. The molecule has 0 radical (unpaired) electrons. The van der Waals surface area contributed by atoms with Gasteiger partial charge in [0.1, 0.15) is 12.3 Å². The minimum absolute atomic E-state index is 0.400. The molecule has 0 saturated carbocycles. The predicted molar refractivity (Wildman–Crippen MR) is 106 cm³/mol. The van der Waals surface area contributed by atoms with E-state index in [0.29, 0.717) is 11.7 Å². The normalized spacial score (nSPS) is 12.3. The number of likely N-dealkylation sites (N-methyl/N-ethyl adjacent to an activating group) is 1. The lowest BCUT2D eigenvalue weighted by molar-refractivity contribution is -0.893. The molecular formula is C22H32NO3+. The maximum absolute atomic E-state index is 10.3. The van der Waals surface area contributed by atoms with Crippen LogP contribution in [0.2, 0.25) is 0 Å². The summed E-state index contributed by atoms with van der Waals surface area (Å²) < 4.78 is 10.7. The summed E-state index contributed by atoms with van der Waals surface area (Å²) in [5, 5.41) is 10.3. The Balaban J connectivity index is 2.03. The number of quaternary nitrogens is 1. The zero-order valence-electron chi connectivity index (χ0n) is 16.8. The summed E-state index contributed by atoms with van der Waals surface area (Å²) in [5.74, 6) is 2.38. The van der Waals surface area contributed by atoms with Crippen LogP contribution in [0.25, 0.3) is 0 Å². The summed E-state index contributed by atoms with van der Waals surface area (Å²) in [5.41, 5.74) is 4.71. The number of hydrogen-bond acceptors (Lipinski definition) is 3. The highest BCUT2D eigenvalue weighted by Gasteiger charge is 2.14. The third kappa shape index (κ3) is 4.92. The Morgan fingerprint density at radius 3 is 2.35 bits per heavy atom. The number of ether oxygens (including phenoxy) is 2. The molecule has 0 aliphatic heterocycles. The molecule has 0 bridgehead atoms. The zero-order chi connectivity index (χ0) is 19.3. The van der Waals surface area contributed by atoms with Crippen molar-refractivity contribution in [3.8, 4) is 17.2 Å².